The number of amides is 1. The Hall–Kier alpha value is -4.40. The zero-order valence-corrected chi connectivity index (χ0v) is 27.8. The van der Waals surface area contributed by atoms with Crippen molar-refractivity contribution in [1.29, 1.82) is 0 Å². The van der Waals surface area contributed by atoms with Crippen LogP contribution in [0.4, 0.5) is 4.39 Å². The number of imidazole rings is 1. The lowest BCUT2D eigenvalue weighted by Crippen LogP contribution is -2.58. The van der Waals surface area contributed by atoms with E-state index in [-0.39, 0.29) is 28.9 Å². The highest BCUT2D eigenvalue weighted by atomic mass is 32.1. The number of phenols is 1. The molecule has 3 aromatic carbocycles. The number of benzene rings is 3. The lowest BCUT2D eigenvalue weighted by atomic mass is 9.89. The molecule has 4 heterocycles. The maximum absolute atomic E-state index is 14.7. The van der Waals surface area contributed by atoms with Crippen LogP contribution in [0.15, 0.2) is 71.7 Å². The Balaban J connectivity index is 0.898. The molecular weight excluding hydrogens is 647 g/mol. The van der Waals surface area contributed by atoms with Crippen molar-refractivity contribution in [1.82, 2.24) is 30.1 Å². The Morgan fingerprint density at radius 3 is 2.69 bits per heavy atom. The summed E-state index contributed by atoms with van der Waals surface area (Å²) in [5.41, 5.74) is 3.64. The molecule has 1 atom stereocenters. The van der Waals surface area contributed by atoms with Crippen LogP contribution in [0.1, 0.15) is 46.1 Å². The molecule has 1 amide bonds. The molecule has 0 saturated carbocycles. The molecule has 2 saturated heterocycles. The van der Waals surface area contributed by atoms with Crippen molar-refractivity contribution in [2.45, 2.75) is 37.5 Å². The largest absolute Gasteiger partial charge is 0.506 e. The lowest BCUT2D eigenvalue weighted by molar-refractivity contribution is -0.128. The fourth-order valence-corrected chi connectivity index (χ4v) is 7.79. The molecular formula is C36H39FN6O5S. The van der Waals surface area contributed by atoms with E-state index in [1.807, 2.05) is 41.3 Å². The van der Waals surface area contributed by atoms with Gasteiger partial charge in [0.1, 0.15) is 28.6 Å². The normalized spacial score (nSPS) is 17.1. The molecule has 1 spiro atoms. The van der Waals surface area contributed by atoms with E-state index in [4.69, 9.17) is 4.74 Å². The molecule has 5 aromatic rings. The minimum absolute atomic E-state index is 0.0343. The van der Waals surface area contributed by atoms with Crippen LogP contribution < -0.4 is 10.2 Å². The second-order valence-corrected chi connectivity index (χ2v) is 13.9. The van der Waals surface area contributed by atoms with Crippen molar-refractivity contribution in [2.75, 3.05) is 45.9 Å². The summed E-state index contributed by atoms with van der Waals surface area (Å²) < 4.78 is 21.5. The van der Waals surface area contributed by atoms with Crippen molar-refractivity contribution >= 4 is 27.5 Å². The molecule has 2 fully saturated rings. The SMILES string of the molecule is O=C(c1cnc(-c2ccccc2)[nH]1)N1CCOC2(CCN(Cc3cc(F)cc(CCNCC(O)c4ccc(O)c5[nH]c(=O)sc45)c3)CC2)C1. The number of carbonyl (C=O) groups excluding carboxylic acids is 1. The van der Waals surface area contributed by atoms with Crippen LogP contribution in [0, 0.1) is 5.82 Å². The molecule has 7 rings (SSSR count). The van der Waals surface area contributed by atoms with Gasteiger partial charge in [-0.1, -0.05) is 53.8 Å². The summed E-state index contributed by atoms with van der Waals surface area (Å²) >= 11 is 0.951. The highest BCUT2D eigenvalue weighted by molar-refractivity contribution is 7.16. The first kappa shape index (κ1) is 33.1. The summed E-state index contributed by atoms with van der Waals surface area (Å²) in [6.45, 7) is 4.46. The third kappa shape index (κ3) is 7.46. The summed E-state index contributed by atoms with van der Waals surface area (Å²) in [5.74, 6) is 0.274. The van der Waals surface area contributed by atoms with Gasteiger partial charge in [-0.2, -0.15) is 0 Å². The smallest absolute Gasteiger partial charge is 0.305 e. The molecule has 2 aromatic heterocycles. The third-order valence-corrected chi connectivity index (χ3v) is 10.4. The number of nitrogens with one attached hydrogen (secondary N) is 3. The van der Waals surface area contributed by atoms with Crippen LogP contribution >= 0.6 is 11.3 Å². The molecule has 5 N–H and O–H groups in total. The van der Waals surface area contributed by atoms with E-state index in [1.165, 1.54) is 12.1 Å². The predicted octanol–water partition coefficient (Wildman–Crippen LogP) is 4.20. The summed E-state index contributed by atoms with van der Waals surface area (Å²) in [4.78, 5) is 39.3. The van der Waals surface area contributed by atoms with Crippen LogP contribution in [0.5, 0.6) is 5.75 Å². The molecule has 11 nitrogen and oxygen atoms in total. The fraction of sp³-hybridized carbons (Fsp3) is 0.361. The van der Waals surface area contributed by atoms with Crippen molar-refractivity contribution in [3.63, 3.8) is 0 Å². The molecule has 0 bridgehead atoms. The number of aliphatic hydroxyl groups is 1. The van der Waals surface area contributed by atoms with Gasteiger partial charge < -0.3 is 35.1 Å². The molecule has 2 aliphatic heterocycles. The monoisotopic (exact) mass is 686 g/mol. The van der Waals surface area contributed by atoms with E-state index in [2.05, 4.69) is 25.2 Å². The number of aromatic hydroxyl groups is 1. The molecule has 256 valence electrons. The number of fused-ring (bicyclic) bond motifs is 1. The van der Waals surface area contributed by atoms with Gasteiger partial charge in [-0.3, -0.25) is 14.5 Å². The van der Waals surface area contributed by atoms with Crippen LogP contribution in [0.2, 0.25) is 0 Å². The van der Waals surface area contributed by atoms with Gasteiger partial charge in [0.2, 0.25) is 0 Å². The summed E-state index contributed by atoms with van der Waals surface area (Å²) in [5, 5.41) is 24.0. The van der Waals surface area contributed by atoms with Crippen LogP contribution in [-0.2, 0) is 17.7 Å². The number of nitrogens with zero attached hydrogens (tertiary/aromatic N) is 3. The number of ether oxygens (including phenoxy) is 1. The number of morpholine rings is 1. The summed E-state index contributed by atoms with van der Waals surface area (Å²) in [6, 6.07) is 17.9. The number of rotatable bonds is 10. The Kier molecular flexibility index (Phi) is 9.61. The van der Waals surface area contributed by atoms with Crippen LogP contribution in [0.25, 0.3) is 21.6 Å². The average Bonchev–Trinajstić information content (AvgIpc) is 3.76. The number of H-pyrrole nitrogens is 2. The number of hydrogen-bond donors (Lipinski definition) is 5. The molecule has 0 radical (unpaired) electrons. The van der Waals surface area contributed by atoms with E-state index in [9.17, 15) is 24.2 Å². The zero-order valence-electron chi connectivity index (χ0n) is 27.0. The number of carbonyl (C=O) groups is 1. The number of hydrogen-bond acceptors (Lipinski definition) is 9. The Morgan fingerprint density at radius 1 is 1.08 bits per heavy atom. The molecule has 49 heavy (non-hydrogen) atoms. The highest BCUT2D eigenvalue weighted by Crippen LogP contribution is 2.33. The van der Waals surface area contributed by atoms with E-state index in [1.54, 1.807) is 18.3 Å². The second-order valence-electron chi connectivity index (χ2n) is 12.9. The van der Waals surface area contributed by atoms with Crippen LogP contribution in [0.3, 0.4) is 0 Å². The number of aromatic amines is 2. The van der Waals surface area contributed by atoms with Crippen molar-refractivity contribution < 1.29 is 24.1 Å². The number of phenolic OH excluding ortho intramolecular Hbond substituents is 1. The van der Waals surface area contributed by atoms with Gasteiger partial charge in [0.15, 0.2) is 0 Å². The maximum atomic E-state index is 14.7. The Labute approximate surface area is 286 Å². The van der Waals surface area contributed by atoms with E-state index >= 15 is 0 Å². The van der Waals surface area contributed by atoms with Crippen LogP contribution in [-0.4, -0.2) is 92.3 Å². The summed E-state index contributed by atoms with van der Waals surface area (Å²) in [7, 11) is 0. The number of aromatic nitrogens is 3. The first-order valence-electron chi connectivity index (χ1n) is 16.5. The Bertz CT molecular complexity index is 1990. The number of likely N-dealkylation sites (tertiary alicyclic amines) is 1. The average molecular weight is 687 g/mol. The van der Waals surface area contributed by atoms with E-state index in [0.717, 1.165) is 54.0 Å². The third-order valence-electron chi connectivity index (χ3n) is 9.46. The number of piperidine rings is 1. The van der Waals surface area contributed by atoms with E-state index < -0.39 is 11.7 Å². The lowest BCUT2D eigenvalue weighted by Gasteiger charge is -2.47. The number of thiazole rings is 1. The standard InChI is InChI=1S/C36H39FN6O5S/c37-26-17-23(8-11-38-20-30(45)27-6-7-29(44)31-32(27)49-35(47)41-31)16-24(18-26)21-42-12-9-36(10-13-42)22-43(14-15-48-36)34(46)28-19-39-33(40-28)25-4-2-1-3-5-25/h1-7,16-19,30,38,44-45H,8-15,20-22H2,(H,39,40)(H,41,47). The van der Waals surface area contributed by atoms with E-state index in [0.29, 0.717) is 66.5 Å². The molecule has 1 unspecified atom stereocenters. The van der Waals surface area contributed by atoms with Gasteiger partial charge in [-0.15, -0.1) is 0 Å². The zero-order chi connectivity index (χ0) is 34.0. The van der Waals surface area contributed by atoms with Gasteiger partial charge >= 0.3 is 4.87 Å². The first-order chi connectivity index (χ1) is 23.7. The van der Waals surface area contributed by atoms with Gasteiger partial charge in [-0.25, -0.2) is 9.37 Å². The van der Waals surface area contributed by atoms with Gasteiger partial charge in [0, 0.05) is 43.9 Å². The van der Waals surface area contributed by atoms with Crippen molar-refractivity contribution in [3.05, 3.63) is 105 Å². The Morgan fingerprint density at radius 2 is 1.88 bits per heavy atom. The number of aliphatic hydroxyl groups excluding tert-OH is 1. The molecule has 0 aliphatic carbocycles. The number of halogens is 1. The highest BCUT2D eigenvalue weighted by Gasteiger charge is 2.41. The van der Waals surface area contributed by atoms with Gasteiger partial charge in [-0.05, 0) is 55.1 Å². The topological polar surface area (TPSA) is 147 Å². The molecule has 2 aliphatic rings. The second kappa shape index (κ2) is 14.2. The minimum Gasteiger partial charge on any atom is -0.506 e. The first-order valence-corrected chi connectivity index (χ1v) is 17.3. The maximum Gasteiger partial charge on any atom is 0.305 e. The molecule has 13 heteroatoms. The predicted molar refractivity (Wildman–Crippen MR) is 185 cm³/mol. The fourth-order valence-electron chi connectivity index (χ4n) is 6.88. The van der Waals surface area contributed by atoms with Crippen molar-refractivity contribution in [3.8, 4) is 17.1 Å². The van der Waals surface area contributed by atoms with Crippen molar-refractivity contribution in [2.24, 2.45) is 0 Å². The minimum atomic E-state index is -0.878. The quantitative estimate of drug-likeness (QED) is 0.138. The summed E-state index contributed by atoms with van der Waals surface area (Å²) in [6.07, 6.45) is 2.85. The van der Waals surface area contributed by atoms with Gasteiger partial charge in [0.25, 0.3) is 5.91 Å². The van der Waals surface area contributed by atoms with Gasteiger partial charge in [0.05, 0.1) is 35.8 Å².